The van der Waals surface area contributed by atoms with Crippen molar-refractivity contribution in [2.75, 3.05) is 18.6 Å². The molecule has 114 valence electrons. The first-order chi connectivity index (χ1) is 10.8. The maximum atomic E-state index is 12.4. The minimum Gasteiger partial charge on any atom is -0.380 e. The van der Waals surface area contributed by atoms with E-state index in [0.29, 0.717) is 13.2 Å². The predicted molar refractivity (Wildman–Crippen MR) is 86.9 cm³/mol. The number of rotatable bonds is 4. The molecule has 2 aromatic carbocycles. The summed E-state index contributed by atoms with van der Waals surface area (Å²) in [6, 6.07) is 16.0. The molecule has 0 saturated heterocycles. The normalized spacial score (nSPS) is 13.0. The second-order valence-electron chi connectivity index (χ2n) is 5.39. The molecule has 2 aromatic rings. The number of nitrogens with zero attached hydrogens (tertiary/aromatic N) is 1. The first-order valence-electron chi connectivity index (χ1n) is 7.48. The smallest absolute Gasteiger partial charge is 0.322 e. The van der Waals surface area contributed by atoms with Crippen molar-refractivity contribution in [3.05, 3.63) is 65.2 Å². The summed E-state index contributed by atoms with van der Waals surface area (Å²) < 4.78 is 5.20. The molecule has 1 N–H and O–H groups in total. The average molecular weight is 296 g/mol. The van der Waals surface area contributed by atoms with Crippen LogP contribution in [-0.4, -0.2) is 19.7 Å². The zero-order valence-corrected chi connectivity index (χ0v) is 12.7. The highest BCUT2D eigenvalue weighted by molar-refractivity contribution is 5.94. The number of nitrogens with one attached hydrogen (secondary N) is 1. The Morgan fingerprint density at radius 1 is 1.14 bits per heavy atom. The summed E-state index contributed by atoms with van der Waals surface area (Å²) in [5, 5.41) is 3.01. The molecule has 2 amide bonds. The first-order valence-corrected chi connectivity index (χ1v) is 7.48. The lowest BCUT2D eigenvalue weighted by atomic mass is 10.1. The van der Waals surface area contributed by atoms with E-state index in [4.69, 9.17) is 4.74 Å². The van der Waals surface area contributed by atoms with E-state index in [1.165, 1.54) is 5.56 Å². The van der Waals surface area contributed by atoms with Gasteiger partial charge in [0.15, 0.2) is 0 Å². The first kappa shape index (κ1) is 14.6. The van der Waals surface area contributed by atoms with Crippen LogP contribution in [-0.2, 0) is 24.3 Å². The second kappa shape index (κ2) is 6.62. The van der Waals surface area contributed by atoms with Crippen LogP contribution in [0.15, 0.2) is 48.5 Å². The van der Waals surface area contributed by atoms with Crippen molar-refractivity contribution in [1.82, 2.24) is 5.32 Å². The number of ether oxygens (including phenoxy) is 1. The number of carbonyl (C=O) groups excluding carboxylic acids is 1. The van der Waals surface area contributed by atoms with E-state index in [2.05, 4.69) is 11.4 Å². The van der Waals surface area contributed by atoms with E-state index >= 15 is 0 Å². The molecule has 4 heteroatoms. The SMILES string of the molecule is COCc1ccccc1CNC(=O)N1CCc2ccccc21. The Balaban J connectivity index is 1.67. The van der Waals surface area contributed by atoms with Crippen molar-refractivity contribution in [3.63, 3.8) is 0 Å². The molecule has 1 aliphatic heterocycles. The van der Waals surface area contributed by atoms with Crippen LogP contribution in [0.3, 0.4) is 0 Å². The van der Waals surface area contributed by atoms with Crippen molar-refractivity contribution in [2.45, 2.75) is 19.6 Å². The van der Waals surface area contributed by atoms with Gasteiger partial charge in [0.25, 0.3) is 0 Å². The van der Waals surface area contributed by atoms with E-state index in [9.17, 15) is 4.79 Å². The Hall–Kier alpha value is -2.33. The van der Waals surface area contributed by atoms with Gasteiger partial charge in [0.2, 0.25) is 0 Å². The molecule has 22 heavy (non-hydrogen) atoms. The molecule has 1 aliphatic rings. The molecule has 3 rings (SSSR count). The van der Waals surface area contributed by atoms with Crippen molar-refractivity contribution >= 4 is 11.7 Å². The molecule has 0 saturated carbocycles. The number of anilines is 1. The molecular formula is C18H20N2O2. The Kier molecular flexibility index (Phi) is 4.39. The molecule has 0 spiro atoms. The monoisotopic (exact) mass is 296 g/mol. The lowest BCUT2D eigenvalue weighted by molar-refractivity contribution is 0.184. The number of amides is 2. The van der Waals surface area contributed by atoms with Gasteiger partial charge in [-0.05, 0) is 29.2 Å². The summed E-state index contributed by atoms with van der Waals surface area (Å²) in [4.78, 5) is 14.2. The average Bonchev–Trinajstić information content (AvgIpc) is 2.98. The number of hydrogen-bond acceptors (Lipinski definition) is 2. The van der Waals surface area contributed by atoms with Gasteiger partial charge in [0.1, 0.15) is 0 Å². The Labute approximate surface area is 130 Å². The summed E-state index contributed by atoms with van der Waals surface area (Å²) >= 11 is 0. The largest absolute Gasteiger partial charge is 0.380 e. The molecule has 0 bridgehead atoms. The molecule has 0 fully saturated rings. The second-order valence-corrected chi connectivity index (χ2v) is 5.39. The van der Waals surface area contributed by atoms with Gasteiger partial charge in [-0.2, -0.15) is 0 Å². The fourth-order valence-corrected chi connectivity index (χ4v) is 2.84. The third kappa shape index (κ3) is 2.97. The molecule has 0 atom stereocenters. The van der Waals surface area contributed by atoms with Crippen molar-refractivity contribution in [2.24, 2.45) is 0 Å². The van der Waals surface area contributed by atoms with Crippen LogP contribution in [0.4, 0.5) is 10.5 Å². The molecule has 1 heterocycles. The Morgan fingerprint density at radius 2 is 1.86 bits per heavy atom. The number of fused-ring (bicyclic) bond motifs is 1. The molecule has 0 aliphatic carbocycles. The highest BCUT2D eigenvalue weighted by Crippen LogP contribution is 2.27. The minimum atomic E-state index is -0.0443. The van der Waals surface area contributed by atoms with Crippen LogP contribution in [0.25, 0.3) is 0 Å². The fraction of sp³-hybridized carbons (Fsp3) is 0.278. The summed E-state index contributed by atoms with van der Waals surface area (Å²) in [6.45, 7) is 1.81. The standard InChI is InChI=1S/C18H20N2O2/c1-22-13-16-8-3-2-7-15(16)12-19-18(21)20-11-10-14-6-4-5-9-17(14)20/h2-9H,10-13H2,1H3,(H,19,21). The van der Waals surface area contributed by atoms with Gasteiger partial charge in [-0.15, -0.1) is 0 Å². The third-order valence-corrected chi connectivity index (χ3v) is 3.98. The van der Waals surface area contributed by atoms with Gasteiger partial charge in [-0.25, -0.2) is 4.79 Å². The van der Waals surface area contributed by atoms with Gasteiger partial charge < -0.3 is 10.1 Å². The number of methoxy groups -OCH3 is 1. The number of benzene rings is 2. The molecule has 0 unspecified atom stereocenters. The van der Waals surface area contributed by atoms with Crippen LogP contribution in [0.2, 0.25) is 0 Å². The Morgan fingerprint density at radius 3 is 2.68 bits per heavy atom. The highest BCUT2D eigenvalue weighted by atomic mass is 16.5. The van der Waals surface area contributed by atoms with Gasteiger partial charge in [-0.3, -0.25) is 4.90 Å². The quantitative estimate of drug-likeness (QED) is 0.942. The summed E-state index contributed by atoms with van der Waals surface area (Å²) in [7, 11) is 1.68. The molecular weight excluding hydrogens is 276 g/mol. The Bertz CT molecular complexity index is 670. The van der Waals surface area contributed by atoms with Gasteiger partial charge in [0, 0.05) is 25.9 Å². The van der Waals surface area contributed by atoms with Crippen LogP contribution >= 0.6 is 0 Å². The van der Waals surface area contributed by atoms with Gasteiger partial charge in [0.05, 0.1) is 6.61 Å². The molecule has 0 aromatic heterocycles. The van der Waals surface area contributed by atoms with Crippen molar-refractivity contribution in [3.8, 4) is 0 Å². The van der Waals surface area contributed by atoms with Crippen LogP contribution in [0.1, 0.15) is 16.7 Å². The molecule has 0 radical (unpaired) electrons. The van der Waals surface area contributed by atoms with E-state index < -0.39 is 0 Å². The number of hydrogen-bond donors (Lipinski definition) is 1. The van der Waals surface area contributed by atoms with Gasteiger partial charge in [-0.1, -0.05) is 42.5 Å². The van der Waals surface area contributed by atoms with Crippen LogP contribution < -0.4 is 10.2 Å². The number of para-hydroxylation sites is 1. The lowest BCUT2D eigenvalue weighted by Gasteiger charge is -2.18. The summed E-state index contributed by atoms with van der Waals surface area (Å²) in [6.07, 6.45) is 0.920. The minimum absolute atomic E-state index is 0.0443. The lowest BCUT2D eigenvalue weighted by Crippen LogP contribution is -2.38. The van der Waals surface area contributed by atoms with Crippen molar-refractivity contribution in [1.29, 1.82) is 0 Å². The van der Waals surface area contributed by atoms with Crippen molar-refractivity contribution < 1.29 is 9.53 Å². The van der Waals surface area contributed by atoms with E-state index in [1.54, 1.807) is 7.11 Å². The topological polar surface area (TPSA) is 41.6 Å². The fourth-order valence-electron chi connectivity index (χ4n) is 2.84. The van der Waals surface area contributed by atoms with Gasteiger partial charge >= 0.3 is 6.03 Å². The maximum Gasteiger partial charge on any atom is 0.322 e. The zero-order valence-electron chi connectivity index (χ0n) is 12.7. The third-order valence-electron chi connectivity index (χ3n) is 3.98. The summed E-state index contributed by atoms with van der Waals surface area (Å²) in [5.74, 6) is 0. The van der Waals surface area contributed by atoms with Crippen LogP contribution in [0, 0.1) is 0 Å². The number of urea groups is 1. The predicted octanol–water partition coefficient (Wildman–Crippen LogP) is 3.11. The van der Waals surface area contributed by atoms with E-state index in [1.807, 2.05) is 47.4 Å². The summed E-state index contributed by atoms with van der Waals surface area (Å²) in [5.41, 5.74) is 4.44. The van der Waals surface area contributed by atoms with Crippen LogP contribution in [0.5, 0.6) is 0 Å². The maximum absolute atomic E-state index is 12.4. The molecule has 4 nitrogen and oxygen atoms in total. The highest BCUT2D eigenvalue weighted by Gasteiger charge is 2.23. The van der Waals surface area contributed by atoms with E-state index in [-0.39, 0.29) is 6.03 Å². The number of carbonyl (C=O) groups is 1. The van der Waals surface area contributed by atoms with E-state index in [0.717, 1.165) is 29.8 Å². The zero-order chi connectivity index (χ0) is 15.4.